The molecule has 3 heteroatoms. The minimum absolute atomic E-state index is 0. The van der Waals surface area contributed by atoms with Crippen molar-refractivity contribution in [1.82, 2.24) is 10.3 Å². The fourth-order valence-electron chi connectivity index (χ4n) is 1.52. The molecule has 2 nitrogen and oxygen atoms in total. The summed E-state index contributed by atoms with van der Waals surface area (Å²) in [7, 11) is 0. The number of nitrogens with zero attached hydrogens (tertiary/aromatic N) is 1. The first-order valence-electron chi connectivity index (χ1n) is 4.08. The molecule has 1 aliphatic rings. The standard InChI is InChI=1S/C9H12N2.ClH/c1-2-5-11-9(3-1)8-4-6-10-7-8;/h1-3,5,8,10H,4,6-7H2;1H. The normalized spacial score (nSPS) is 21.8. The lowest BCUT2D eigenvalue weighted by Gasteiger charge is -2.05. The Morgan fingerprint density at radius 1 is 1.42 bits per heavy atom. The van der Waals surface area contributed by atoms with Crippen molar-refractivity contribution >= 4 is 12.4 Å². The molecule has 0 saturated carbocycles. The van der Waals surface area contributed by atoms with E-state index in [0.717, 1.165) is 13.1 Å². The maximum Gasteiger partial charge on any atom is 0.0447 e. The van der Waals surface area contributed by atoms with Crippen molar-refractivity contribution in [3.63, 3.8) is 0 Å². The van der Waals surface area contributed by atoms with E-state index >= 15 is 0 Å². The monoisotopic (exact) mass is 184 g/mol. The molecule has 1 N–H and O–H groups in total. The maximum atomic E-state index is 4.32. The van der Waals surface area contributed by atoms with E-state index in [9.17, 15) is 0 Å². The first kappa shape index (κ1) is 9.49. The molecule has 0 aliphatic carbocycles. The van der Waals surface area contributed by atoms with Gasteiger partial charge in [0.1, 0.15) is 0 Å². The Kier molecular flexibility index (Phi) is 3.50. The number of hydrogen-bond acceptors (Lipinski definition) is 2. The number of aromatic nitrogens is 1. The van der Waals surface area contributed by atoms with Gasteiger partial charge in [-0.3, -0.25) is 4.98 Å². The van der Waals surface area contributed by atoms with Gasteiger partial charge in [-0.15, -0.1) is 12.4 Å². The molecule has 1 unspecified atom stereocenters. The number of nitrogens with one attached hydrogen (secondary N) is 1. The first-order chi connectivity index (χ1) is 5.47. The molecule has 1 aromatic heterocycles. The van der Waals surface area contributed by atoms with Gasteiger partial charge in [0.2, 0.25) is 0 Å². The Labute approximate surface area is 78.8 Å². The zero-order valence-electron chi connectivity index (χ0n) is 6.86. The van der Waals surface area contributed by atoms with Crippen LogP contribution in [-0.4, -0.2) is 18.1 Å². The van der Waals surface area contributed by atoms with Gasteiger partial charge in [0.15, 0.2) is 0 Å². The molecule has 2 heterocycles. The van der Waals surface area contributed by atoms with Gasteiger partial charge < -0.3 is 5.32 Å². The summed E-state index contributed by atoms with van der Waals surface area (Å²) in [5.74, 6) is 0.649. The van der Waals surface area contributed by atoms with Gasteiger partial charge in [-0.2, -0.15) is 0 Å². The van der Waals surface area contributed by atoms with Crippen molar-refractivity contribution in [2.24, 2.45) is 0 Å². The molecule has 1 atom stereocenters. The van der Waals surface area contributed by atoms with Crippen molar-refractivity contribution in [2.75, 3.05) is 13.1 Å². The summed E-state index contributed by atoms with van der Waals surface area (Å²) in [6.07, 6.45) is 3.10. The fourth-order valence-corrected chi connectivity index (χ4v) is 1.52. The number of rotatable bonds is 1. The van der Waals surface area contributed by atoms with Crippen LogP contribution in [0.5, 0.6) is 0 Å². The van der Waals surface area contributed by atoms with Crippen LogP contribution in [0.1, 0.15) is 18.0 Å². The fraction of sp³-hybridized carbons (Fsp3) is 0.444. The van der Waals surface area contributed by atoms with E-state index in [1.54, 1.807) is 0 Å². The third kappa shape index (κ3) is 1.96. The number of hydrogen-bond donors (Lipinski definition) is 1. The van der Waals surface area contributed by atoms with Crippen LogP contribution in [0.15, 0.2) is 24.4 Å². The van der Waals surface area contributed by atoms with Crippen LogP contribution in [0.25, 0.3) is 0 Å². The van der Waals surface area contributed by atoms with Crippen molar-refractivity contribution in [3.05, 3.63) is 30.1 Å². The van der Waals surface area contributed by atoms with E-state index in [1.807, 2.05) is 12.3 Å². The van der Waals surface area contributed by atoms with Crippen LogP contribution >= 0.6 is 12.4 Å². The van der Waals surface area contributed by atoms with Crippen molar-refractivity contribution in [1.29, 1.82) is 0 Å². The van der Waals surface area contributed by atoms with Gasteiger partial charge in [-0.05, 0) is 25.1 Å². The average Bonchev–Trinajstić information content (AvgIpc) is 2.58. The molecule has 0 spiro atoms. The molecule has 1 saturated heterocycles. The summed E-state index contributed by atoms with van der Waals surface area (Å²) >= 11 is 0. The summed E-state index contributed by atoms with van der Waals surface area (Å²) in [4.78, 5) is 4.32. The van der Waals surface area contributed by atoms with Gasteiger partial charge in [0.05, 0.1) is 0 Å². The lowest BCUT2D eigenvalue weighted by Crippen LogP contribution is -2.08. The van der Waals surface area contributed by atoms with E-state index in [1.165, 1.54) is 12.1 Å². The Morgan fingerprint density at radius 3 is 2.92 bits per heavy atom. The third-order valence-corrected chi connectivity index (χ3v) is 2.17. The Hall–Kier alpha value is -0.600. The molecule has 1 aromatic rings. The summed E-state index contributed by atoms with van der Waals surface area (Å²) in [6.45, 7) is 2.23. The second-order valence-corrected chi connectivity index (χ2v) is 2.94. The van der Waals surface area contributed by atoms with E-state index in [0.29, 0.717) is 5.92 Å². The van der Waals surface area contributed by atoms with Crippen LogP contribution in [0.4, 0.5) is 0 Å². The molecular formula is C9H13ClN2. The van der Waals surface area contributed by atoms with E-state index in [2.05, 4.69) is 22.4 Å². The number of pyridine rings is 1. The molecule has 0 radical (unpaired) electrons. The molecule has 0 aromatic carbocycles. The predicted octanol–water partition coefficient (Wildman–Crippen LogP) is 1.58. The summed E-state index contributed by atoms with van der Waals surface area (Å²) in [6, 6.07) is 6.13. The minimum Gasteiger partial charge on any atom is -0.316 e. The topological polar surface area (TPSA) is 24.9 Å². The third-order valence-electron chi connectivity index (χ3n) is 2.17. The van der Waals surface area contributed by atoms with Crippen LogP contribution in [0, 0.1) is 0 Å². The van der Waals surface area contributed by atoms with Gasteiger partial charge in [-0.1, -0.05) is 6.07 Å². The molecule has 66 valence electrons. The van der Waals surface area contributed by atoms with E-state index in [-0.39, 0.29) is 12.4 Å². The lowest BCUT2D eigenvalue weighted by atomic mass is 10.0. The SMILES string of the molecule is Cl.c1ccc(C2CCNC2)nc1. The molecule has 12 heavy (non-hydrogen) atoms. The quantitative estimate of drug-likeness (QED) is 0.717. The zero-order chi connectivity index (χ0) is 7.52. The Balaban J connectivity index is 0.000000720. The summed E-state index contributed by atoms with van der Waals surface area (Å²) in [5, 5.41) is 3.33. The summed E-state index contributed by atoms with van der Waals surface area (Å²) in [5.41, 5.74) is 1.23. The Morgan fingerprint density at radius 2 is 2.33 bits per heavy atom. The highest BCUT2D eigenvalue weighted by atomic mass is 35.5. The van der Waals surface area contributed by atoms with Gasteiger partial charge in [0.25, 0.3) is 0 Å². The van der Waals surface area contributed by atoms with Gasteiger partial charge in [-0.25, -0.2) is 0 Å². The largest absolute Gasteiger partial charge is 0.316 e. The van der Waals surface area contributed by atoms with Crippen molar-refractivity contribution in [3.8, 4) is 0 Å². The minimum atomic E-state index is 0. The van der Waals surface area contributed by atoms with E-state index in [4.69, 9.17) is 0 Å². The van der Waals surface area contributed by atoms with Crippen LogP contribution in [0.3, 0.4) is 0 Å². The highest BCUT2D eigenvalue weighted by Gasteiger charge is 2.16. The Bertz CT molecular complexity index is 219. The number of halogens is 1. The van der Waals surface area contributed by atoms with Crippen LogP contribution in [0.2, 0.25) is 0 Å². The predicted molar refractivity (Wildman–Crippen MR) is 51.7 cm³/mol. The molecule has 2 rings (SSSR count). The van der Waals surface area contributed by atoms with Gasteiger partial charge >= 0.3 is 0 Å². The smallest absolute Gasteiger partial charge is 0.0447 e. The molecular weight excluding hydrogens is 172 g/mol. The second kappa shape index (κ2) is 4.43. The molecule has 1 aliphatic heterocycles. The first-order valence-corrected chi connectivity index (χ1v) is 4.08. The second-order valence-electron chi connectivity index (χ2n) is 2.94. The van der Waals surface area contributed by atoms with Gasteiger partial charge in [0, 0.05) is 24.4 Å². The van der Waals surface area contributed by atoms with Crippen LogP contribution in [-0.2, 0) is 0 Å². The van der Waals surface area contributed by atoms with Crippen molar-refractivity contribution < 1.29 is 0 Å². The summed E-state index contributed by atoms with van der Waals surface area (Å²) < 4.78 is 0. The highest BCUT2D eigenvalue weighted by molar-refractivity contribution is 5.85. The molecule has 0 bridgehead atoms. The zero-order valence-corrected chi connectivity index (χ0v) is 7.68. The average molecular weight is 185 g/mol. The van der Waals surface area contributed by atoms with E-state index < -0.39 is 0 Å². The van der Waals surface area contributed by atoms with Crippen LogP contribution < -0.4 is 5.32 Å². The van der Waals surface area contributed by atoms with Crippen molar-refractivity contribution in [2.45, 2.75) is 12.3 Å². The highest BCUT2D eigenvalue weighted by Crippen LogP contribution is 2.18. The lowest BCUT2D eigenvalue weighted by molar-refractivity contribution is 0.735. The maximum absolute atomic E-state index is 4.32. The molecule has 1 fully saturated rings. The molecule has 0 amide bonds.